The molecule has 4 heteroatoms. The van der Waals surface area contributed by atoms with E-state index >= 15 is 0 Å². The van der Waals surface area contributed by atoms with E-state index in [-0.39, 0.29) is 11.3 Å². The van der Waals surface area contributed by atoms with Crippen molar-refractivity contribution in [2.24, 2.45) is 0 Å². The van der Waals surface area contributed by atoms with E-state index in [0.29, 0.717) is 19.5 Å². The fourth-order valence-corrected chi connectivity index (χ4v) is 4.04. The van der Waals surface area contributed by atoms with Crippen LogP contribution in [0.2, 0.25) is 0 Å². The number of likely N-dealkylation sites (tertiary alicyclic amines) is 1. The molecule has 2 aromatic carbocycles. The molecule has 0 spiro atoms. The molecule has 0 unspecified atom stereocenters. The molecule has 1 saturated heterocycles. The van der Waals surface area contributed by atoms with E-state index in [9.17, 15) is 4.79 Å². The van der Waals surface area contributed by atoms with Gasteiger partial charge in [0.05, 0.1) is 5.69 Å². The van der Waals surface area contributed by atoms with E-state index in [4.69, 9.17) is 0 Å². The van der Waals surface area contributed by atoms with Gasteiger partial charge in [-0.25, -0.2) is 0 Å². The molecule has 0 saturated carbocycles. The van der Waals surface area contributed by atoms with Crippen molar-refractivity contribution in [2.75, 3.05) is 13.1 Å². The number of carbonyl (C=O) groups excluding carboxylic acids is 1. The van der Waals surface area contributed by atoms with E-state index in [2.05, 4.69) is 58.5 Å². The fraction of sp³-hybridized carbons (Fsp3) is 0.261. The van der Waals surface area contributed by atoms with Crippen LogP contribution in [-0.2, 0) is 16.6 Å². The Hall–Kier alpha value is -3.01. The van der Waals surface area contributed by atoms with Gasteiger partial charge in [-0.05, 0) is 17.5 Å². The lowest BCUT2D eigenvalue weighted by Crippen LogP contribution is -2.50. The van der Waals surface area contributed by atoms with Crippen molar-refractivity contribution < 1.29 is 4.79 Å². The molecular formula is C23H23N3O. The lowest BCUT2D eigenvalue weighted by atomic mass is 9.69. The van der Waals surface area contributed by atoms with Crippen LogP contribution in [0.25, 0.3) is 0 Å². The Bertz CT molecular complexity index is 842. The molecule has 1 amide bonds. The Morgan fingerprint density at radius 1 is 0.926 bits per heavy atom. The normalized spacial score (nSPS) is 16.3. The Labute approximate surface area is 159 Å². The summed E-state index contributed by atoms with van der Waals surface area (Å²) in [6.45, 7) is 1.36. The van der Waals surface area contributed by atoms with Crippen molar-refractivity contribution >= 4 is 5.91 Å². The molecule has 0 N–H and O–H groups in total. The minimum Gasteiger partial charge on any atom is -0.341 e. The molecule has 0 aliphatic carbocycles. The lowest BCUT2D eigenvalue weighted by Gasteiger charge is -2.43. The third-order valence-electron chi connectivity index (χ3n) is 5.49. The third-order valence-corrected chi connectivity index (χ3v) is 5.49. The summed E-state index contributed by atoms with van der Waals surface area (Å²) in [5, 5.41) is 0. The maximum Gasteiger partial charge on any atom is 0.222 e. The van der Waals surface area contributed by atoms with E-state index in [1.807, 2.05) is 17.0 Å². The molecule has 1 fully saturated rings. The van der Waals surface area contributed by atoms with Gasteiger partial charge in [-0.2, -0.15) is 0 Å². The molecule has 0 radical (unpaired) electrons. The van der Waals surface area contributed by atoms with Crippen molar-refractivity contribution in [1.29, 1.82) is 0 Å². The molecule has 0 atom stereocenters. The maximum absolute atomic E-state index is 12.7. The van der Waals surface area contributed by atoms with Crippen LogP contribution in [0.1, 0.15) is 29.7 Å². The Morgan fingerprint density at radius 2 is 1.59 bits per heavy atom. The Kier molecular flexibility index (Phi) is 4.97. The van der Waals surface area contributed by atoms with Gasteiger partial charge >= 0.3 is 0 Å². The van der Waals surface area contributed by atoms with Crippen molar-refractivity contribution in [1.82, 2.24) is 14.9 Å². The lowest BCUT2D eigenvalue weighted by molar-refractivity contribution is -0.134. The first-order valence-electron chi connectivity index (χ1n) is 9.42. The van der Waals surface area contributed by atoms with Gasteiger partial charge in [0.25, 0.3) is 0 Å². The van der Waals surface area contributed by atoms with Gasteiger partial charge in [0.15, 0.2) is 0 Å². The topological polar surface area (TPSA) is 46.1 Å². The highest BCUT2D eigenvalue weighted by molar-refractivity contribution is 5.78. The number of hydrogen-bond donors (Lipinski definition) is 0. The van der Waals surface area contributed by atoms with Crippen LogP contribution in [-0.4, -0.2) is 33.9 Å². The largest absolute Gasteiger partial charge is 0.341 e. The SMILES string of the molecule is O=C1CCC(c2ccccc2)(c2ccccc2)CN1CCc1cnccn1. The molecule has 4 rings (SSSR count). The smallest absolute Gasteiger partial charge is 0.222 e. The molecule has 4 nitrogen and oxygen atoms in total. The van der Waals surface area contributed by atoms with E-state index in [1.165, 1.54) is 11.1 Å². The average Bonchev–Trinajstić information content (AvgIpc) is 2.75. The number of aromatic nitrogens is 2. The number of nitrogens with zero attached hydrogens (tertiary/aromatic N) is 3. The summed E-state index contributed by atoms with van der Waals surface area (Å²) in [4.78, 5) is 23.1. The third kappa shape index (κ3) is 3.61. The van der Waals surface area contributed by atoms with Crippen LogP contribution >= 0.6 is 0 Å². The van der Waals surface area contributed by atoms with Gasteiger partial charge in [0.1, 0.15) is 0 Å². The molecule has 2 heterocycles. The van der Waals surface area contributed by atoms with Gasteiger partial charge in [0, 0.05) is 49.9 Å². The first-order chi connectivity index (χ1) is 13.3. The summed E-state index contributed by atoms with van der Waals surface area (Å²) in [7, 11) is 0. The molecular weight excluding hydrogens is 334 g/mol. The monoisotopic (exact) mass is 357 g/mol. The second-order valence-electron chi connectivity index (χ2n) is 7.08. The van der Waals surface area contributed by atoms with Crippen LogP contribution in [0, 0.1) is 0 Å². The number of carbonyl (C=O) groups is 1. The number of rotatable bonds is 5. The Balaban J connectivity index is 1.64. The highest BCUT2D eigenvalue weighted by Crippen LogP contribution is 2.40. The first kappa shape index (κ1) is 17.4. The number of hydrogen-bond acceptors (Lipinski definition) is 3. The zero-order chi connectivity index (χ0) is 18.5. The quantitative estimate of drug-likeness (QED) is 0.700. The van der Waals surface area contributed by atoms with E-state index in [1.54, 1.807) is 18.6 Å². The molecule has 1 aliphatic heterocycles. The highest BCUT2D eigenvalue weighted by atomic mass is 16.2. The molecule has 0 bridgehead atoms. The first-order valence-corrected chi connectivity index (χ1v) is 9.42. The zero-order valence-electron chi connectivity index (χ0n) is 15.3. The van der Waals surface area contributed by atoms with Crippen LogP contribution in [0.4, 0.5) is 0 Å². The second kappa shape index (κ2) is 7.70. The fourth-order valence-electron chi connectivity index (χ4n) is 4.04. The highest BCUT2D eigenvalue weighted by Gasteiger charge is 2.41. The van der Waals surface area contributed by atoms with Crippen molar-refractivity contribution in [3.8, 4) is 0 Å². The van der Waals surface area contributed by atoms with Gasteiger partial charge < -0.3 is 4.90 Å². The van der Waals surface area contributed by atoms with Crippen molar-refractivity contribution in [2.45, 2.75) is 24.7 Å². The van der Waals surface area contributed by atoms with Crippen LogP contribution in [0.3, 0.4) is 0 Å². The van der Waals surface area contributed by atoms with E-state index in [0.717, 1.165) is 18.5 Å². The molecule has 3 aromatic rings. The standard InChI is InChI=1S/C23H23N3O/c27-22-11-13-23(19-7-3-1-4-8-19,20-9-5-2-6-10-20)18-26(22)16-12-21-17-24-14-15-25-21/h1-10,14-15,17H,11-13,16,18H2. The zero-order valence-corrected chi connectivity index (χ0v) is 15.3. The van der Waals surface area contributed by atoms with Crippen LogP contribution in [0.15, 0.2) is 79.3 Å². The minimum atomic E-state index is -0.168. The minimum absolute atomic E-state index is 0.168. The molecule has 1 aromatic heterocycles. The van der Waals surface area contributed by atoms with Crippen LogP contribution in [0.5, 0.6) is 0 Å². The summed E-state index contributed by atoms with van der Waals surface area (Å²) < 4.78 is 0. The summed E-state index contributed by atoms with van der Waals surface area (Å²) in [6.07, 6.45) is 7.26. The summed E-state index contributed by atoms with van der Waals surface area (Å²) in [5.74, 6) is 0.223. The number of piperidine rings is 1. The van der Waals surface area contributed by atoms with Crippen molar-refractivity contribution in [3.63, 3.8) is 0 Å². The van der Waals surface area contributed by atoms with Gasteiger partial charge in [-0.1, -0.05) is 60.7 Å². The van der Waals surface area contributed by atoms with Crippen molar-refractivity contribution in [3.05, 3.63) is 96.1 Å². The molecule has 1 aliphatic rings. The predicted octanol–water partition coefficient (Wildman–Crippen LogP) is 3.63. The summed E-state index contributed by atoms with van der Waals surface area (Å²) in [6, 6.07) is 21.2. The van der Waals surface area contributed by atoms with Gasteiger partial charge in [0.2, 0.25) is 5.91 Å². The number of amides is 1. The number of benzene rings is 2. The molecule has 136 valence electrons. The van der Waals surface area contributed by atoms with Gasteiger partial charge in [-0.15, -0.1) is 0 Å². The molecule has 27 heavy (non-hydrogen) atoms. The van der Waals surface area contributed by atoms with Crippen LogP contribution < -0.4 is 0 Å². The summed E-state index contributed by atoms with van der Waals surface area (Å²) >= 11 is 0. The predicted molar refractivity (Wildman–Crippen MR) is 105 cm³/mol. The average molecular weight is 357 g/mol. The van der Waals surface area contributed by atoms with Gasteiger partial charge in [-0.3, -0.25) is 14.8 Å². The second-order valence-corrected chi connectivity index (χ2v) is 7.08. The summed E-state index contributed by atoms with van der Waals surface area (Å²) in [5.41, 5.74) is 3.29. The van der Waals surface area contributed by atoms with E-state index < -0.39 is 0 Å². The maximum atomic E-state index is 12.7. The Morgan fingerprint density at radius 3 is 2.19 bits per heavy atom.